The van der Waals surface area contributed by atoms with Crippen LogP contribution in [0.4, 0.5) is 0 Å². The maximum absolute atomic E-state index is 14.6. The Morgan fingerprint density at radius 2 is 1.97 bits per heavy atom. The highest BCUT2D eigenvalue weighted by molar-refractivity contribution is 9.09. The van der Waals surface area contributed by atoms with Crippen LogP contribution in [0.5, 0.6) is 0 Å². The Bertz CT molecular complexity index is 882. The summed E-state index contributed by atoms with van der Waals surface area (Å²) in [5.74, 6) is -2.67. The van der Waals surface area contributed by atoms with Gasteiger partial charge in [0.1, 0.15) is 11.6 Å². The number of aliphatic hydroxyl groups excluding tert-OH is 1. The Kier molecular flexibility index (Phi) is 8.38. The third kappa shape index (κ3) is 4.75. The van der Waals surface area contributed by atoms with E-state index >= 15 is 0 Å². The summed E-state index contributed by atoms with van der Waals surface area (Å²) in [6.45, 7) is 18.2. The van der Waals surface area contributed by atoms with E-state index in [1.807, 2.05) is 20.8 Å². The van der Waals surface area contributed by atoms with E-state index < -0.39 is 47.1 Å². The number of rotatable bonds is 10. The molecule has 0 aromatic rings. The Hall–Kier alpha value is -1.45. The van der Waals surface area contributed by atoms with Crippen LogP contribution in [0.25, 0.3) is 0 Å². The predicted octanol–water partition coefficient (Wildman–Crippen LogP) is 3.30. The molecule has 36 heavy (non-hydrogen) atoms. The minimum Gasteiger partial charge on any atom is -0.466 e. The van der Waals surface area contributed by atoms with E-state index in [-0.39, 0.29) is 35.3 Å². The number of hydrogen-bond acceptors (Lipinski definition) is 6. The molecule has 204 valence electrons. The maximum atomic E-state index is 14.6. The molecule has 9 heteroatoms. The molecule has 0 saturated carbocycles. The van der Waals surface area contributed by atoms with E-state index in [4.69, 9.17) is 9.47 Å². The van der Waals surface area contributed by atoms with Crippen LogP contribution in [-0.2, 0) is 23.9 Å². The quantitative estimate of drug-likeness (QED) is 0.246. The Morgan fingerprint density at radius 3 is 2.47 bits per heavy atom. The molecule has 7 atom stereocenters. The third-order valence-electron chi connectivity index (χ3n) is 7.87. The summed E-state index contributed by atoms with van der Waals surface area (Å²) in [5, 5.41) is 10.2. The molecule has 2 amide bonds. The Balaban J connectivity index is 2.15. The van der Waals surface area contributed by atoms with E-state index in [2.05, 4.69) is 43.3 Å². The molecule has 0 aliphatic carbocycles. The van der Waals surface area contributed by atoms with E-state index in [1.54, 1.807) is 17.9 Å². The summed E-state index contributed by atoms with van der Waals surface area (Å²) < 4.78 is 11.9. The topological polar surface area (TPSA) is 96.4 Å². The van der Waals surface area contributed by atoms with Crippen molar-refractivity contribution < 1.29 is 29.0 Å². The van der Waals surface area contributed by atoms with Crippen molar-refractivity contribution in [2.45, 2.75) is 102 Å². The van der Waals surface area contributed by atoms with Gasteiger partial charge in [0.25, 0.3) is 0 Å². The summed E-state index contributed by atoms with van der Waals surface area (Å²) in [6.07, 6.45) is 2.75. The highest BCUT2D eigenvalue weighted by Gasteiger charge is 2.77. The second-order valence-electron chi connectivity index (χ2n) is 12.2. The zero-order chi connectivity index (χ0) is 27.2. The molecule has 1 unspecified atom stereocenters. The second-order valence-corrected chi connectivity index (χ2v) is 13.4. The summed E-state index contributed by atoms with van der Waals surface area (Å²) in [6, 6.07) is -1.53. The Morgan fingerprint density at radius 1 is 1.33 bits per heavy atom. The number of alkyl halides is 1. The van der Waals surface area contributed by atoms with Crippen LogP contribution in [0.2, 0.25) is 0 Å². The van der Waals surface area contributed by atoms with E-state index in [1.165, 1.54) is 4.90 Å². The summed E-state index contributed by atoms with van der Waals surface area (Å²) >= 11 is 3.67. The molecule has 8 nitrogen and oxygen atoms in total. The number of nitrogens with zero attached hydrogens (tertiary/aromatic N) is 2. The molecular formula is C27H43BrN2O6. The van der Waals surface area contributed by atoms with Crippen LogP contribution in [0.1, 0.15) is 67.7 Å². The highest BCUT2D eigenvalue weighted by atomic mass is 79.9. The summed E-state index contributed by atoms with van der Waals surface area (Å²) in [7, 11) is 0. The average Bonchev–Trinajstić information content (AvgIpc) is 3.35. The van der Waals surface area contributed by atoms with Crippen LogP contribution < -0.4 is 0 Å². The molecule has 3 rings (SSSR count). The molecule has 0 aromatic carbocycles. The largest absolute Gasteiger partial charge is 0.466 e. The van der Waals surface area contributed by atoms with Gasteiger partial charge in [0.05, 0.1) is 37.2 Å². The van der Waals surface area contributed by atoms with Crippen LogP contribution >= 0.6 is 15.9 Å². The summed E-state index contributed by atoms with van der Waals surface area (Å²) in [4.78, 5) is 44.8. The lowest BCUT2D eigenvalue weighted by Gasteiger charge is -2.46. The van der Waals surface area contributed by atoms with Crippen molar-refractivity contribution in [3.05, 3.63) is 12.7 Å². The van der Waals surface area contributed by atoms with E-state index in [0.717, 1.165) is 6.42 Å². The van der Waals surface area contributed by atoms with Crippen molar-refractivity contribution in [2.24, 2.45) is 17.3 Å². The lowest BCUT2D eigenvalue weighted by molar-refractivity contribution is -0.157. The van der Waals surface area contributed by atoms with Crippen LogP contribution in [0.3, 0.4) is 0 Å². The molecule has 3 fully saturated rings. The SMILES string of the molecule is C=CCN(C(=O)[C@@H]1N([C@@H](CC)CO)C(=O)[C@H]2[C@H](C(=O)OCC)[C@H]3O[C@@]12CC3Br)C(C)(C)CC(C)(C)C. The summed E-state index contributed by atoms with van der Waals surface area (Å²) in [5.41, 5.74) is -1.77. The fraction of sp³-hybridized carbons (Fsp3) is 0.815. The molecular weight excluding hydrogens is 528 g/mol. The van der Waals surface area contributed by atoms with Crippen molar-refractivity contribution in [3.63, 3.8) is 0 Å². The number of carbonyl (C=O) groups excluding carboxylic acids is 3. The average molecular weight is 572 g/mol. The fourth-order valence-corrected chi connectivity index (χ4v) is 7.91. The number of ether oxygens (including phenoxy) is 2. The molecule has 3 heterocycles. The van der Waals surface area contributed by atoms with Gasteiger partial charge in [0.2, 0.25) is 11.8 Å². The third-order valence-corrected chi connectivity index (χ3v) is 8.71. The fourth-order valence-electron chi connectivity index (χ4n) is 6.97. The van der Waals surface area contributed by atoms with Gasteiger partial charge in [0, 0.05) is 16.9 Å². The first-order chi connectivity index (χ1) is 16.7. The van der Waals surface area contributed by atoms with Crippen LogP contribution in [0.15, 0.2) is 12.7 Å². The molecule has 3 saturated heterocycles. The smallest absolute Gasteiger partial charge is 0.312 e. The molecule has 0 radical (unpaired) electrons. The second kappa shape index (κ2) is 10.4. The first-order valence-corrected chi connectivity index (χ1v) is 14.0. The zero-order valence-corrected chi connectivity index (χ0v) is 24.3. The lowest BCUT2D eigenvalue weighted by atomic mass is 9.70. The molecule has 3 aliphatic rings. The molecule has 3 aliphatic heterocycles. The molecule has 1 N–H and O–H groups in total. The first-order valence-electron chi connectivity index (χ1n) is 13.0. The van der Waals surface area contributed by atoms with Crippen molar-refractivity contribution in [1.82, 2.24) is 9.80 Å². The van der Waals surface area contributed by atoms with Gasteiger partial charge in [-0.25, -0.2) is 0 Å². The van der Waals surface area contributed by atoms with Gasteiger partial charge in [0.15, 0.2) is 0 Å². The van der Waals surface area contributed by atoms with Crippen molar-refractivity contribution >= 4 is 33.7 Å². The number of likely N-dealkylation sites (tertiary alicyclic amines) is 1. The number of esters is 1. The van der Waals surface area contributed by atoms with Gasteiger partial charge in [-0.2, -0.15) is 0 Å². The van der Waals surface area contributed by atoms with Gasteiger partial charge >= 0.3 is 5.97 Å². The number of fused-ring (bicyclic) bond motifs is 1. The lowest BCUT2D eigenvalue weighted by Crippen LogP contribution is -2.62. The first kappa shape index (κ1) is 29.1. The highest BCUT2D eigenvalue weighted by Crippen LogP contribution is 2.61. The van der Waals surface area contributed by atoms with Gasteiger partial charge in [-0.3, -0.25) is 14.4 Å². The van der Waals surface area contributed by atoms with Crippen molar-refractivity contribution in [3.8, 4) is 0 Å². The zero-order valence-electron chi connectivity index (χ0n) is 22.8. The number of amides is 2. The van der Waals surface area contributed by atoms with Gasteiger partial charge in [-0.05, 0) is 45.4 Å². The number of aliphatic hydroxyl groups is 1. The monoisotopic (exact) mass is 570 g/mol. The van der Waals surface area contributed by atoms with Crippen LogP contribution in [-0.4, -0.2) is 86.6 Å². The number of hydrogen-bond donors (Lipinski definition) is 1. The van der Waals surface area contributed by atoms with Crippen LogP contribution in [0, 0.1) is 17.3 Å². The van der Waals surface area contributed by atoms with E-state index in [9.17, 15) is 19.5 Å². The standard InChI is InChI=1S/C27H43BrN2O6/c1-9-12-29(26(7,8)15-25(4,5)6)23(33)21-27-13-17(28)20(36-27)18(24(34)35-11-3)19(27)22(32)30(21)16(10-2)14-31/h9,16-21,31H,1,10-15H2,2-8H3/t16-,17?,18-,19+,20-,21-,27+/m0/s1. The molecule has 1 spiro atoms. The van der Waals surface area contributed by atoms with Crippen molar-refractivity contribution in [1.29, 1.82) is 0 Å². The Labute approximate surface area is 223 Å². The number of carbonyl (C=O) groups is 3. The van der Waals surface area contributed by atoms with Gasteiger partial charge in [-0.1, -0.05) is 49.7 Å². The minimum atomic E-state index is -1.18. The van der Waals surface area contributed by atoms with Gasteiger partial charge < -0.3 is 24.4 Å². The van der Waals surface area contributed by atoms with Crippen molar-refractivity contribution in [2.75, 3.05) is 19.8 Å². The maximum Gasteiger partial charge on any atom is 0.312 e. The number of halogens is 1. The molecule has 2 bridgehead atoms. The van der Waals surface area contributed by atoms with Gasteiger partial charge in [-0.15, -0.1) is 6.58 Å². The van der Waals surface area contributed by atoms with E-state index in [0.29, 0.717) is 19.4 Å². The molecule has 0 aromatic heterocycles. The predicted molar refractivity (Wildman–Crippen MR) is 140 cm³/mol. The normalized spacial score (nSPS) is 32.4. The minimum absolute atomic E-state index is 0.0511.